The smallest absolute Gasteiger partial charge is 0.263 e. The number of pyridine rings is 1. The predicted octanol–water partition coefficient (Wildman–Crippen LogP) is 4.06. The highest BCUT2D eigenvalue weighted by Gasteiger charge is 2.18. The van der Waals surface area contributed by atoms with Gasteiger partial charge >= 0.3 is 0 Å². The summed E-state index contributed by atoms with van der Waals surface area (Å²) < 4.78 is 27.5. The van der Waals surface area contributed by atoms with Crippen molar-refractivity contribution in [2.45, 2.75) is 25.2 Å². The van der Waals surface area contributed by atoms with Crippen LogP contribution in [0.5, 0.6) is 0 Å². The average Bonchev–Trinajstić information content (AvgIpc) is 2.43. The van der Waals surface area contributed by atoms with Crippen molar-refractivity contribution < 1.29 is 8.42 Å². The molecule has 0 aliphatic carbocycles. The lowest BCUT2D eigenvalue weighted by atomic mass is 10.1. The topological polar surface area (TPSA) is 59.1 Å². The molecule has 0 spiro atoms. The van der Waals surface area contributed by atoms with Crippen LogP contribution in [0.3, 0.4) is 0 Å². The van der Waals surface area contributed by atoms with E-state index in [0.717, 1.165) is 17.5 Å². The molecule has 0 saturated heterocycles. The van der Waals surface area contributed by atoms with Crippen LogP contribution in [0.15, 0.2) is 35.4 Å². The third-order valence-electron chi connectivity index (χ3n) is 3.06. The van der Waals surface area contributed by atoms with Gasteiger partial charge in [-0.05, 0) is 30.5 Å². The van der Waals surface area contributed by atoms with E-state index in [9.17, 15) is 8.42 Å². The van der Waals surface area contributed by atoms with Crippen molar-refractivity contribution >= 4 is 38.9 Å². The molecular formula is C14H14Cl2N2O2S. The van der Waals surface area contributed by atoms with Crippen molar-refractivity contribution in [2.24, 2.45) is 0 Å². The highest BCUT2D eigenvalue weighted by molar-refractivity contribution is 7.92. The zero-order valence-corrected chi connectivity index (χ0v) is 13.9. The second-order valence-corrected chi connectivity index (χ2v) is 6.96. The summed E-state index contributed by atoms with van der Waals surface area (Å²) >= 11 is 11.5. The molecule has 1 N–H and O–H groups in total. The number of rotatable bonds is 4. The summed E-state index contributed by atoms with van der Waals surface area (Å²) in [6.07, 6.45) is 1.90. The van der Waals surface area contributed by atoms with Crippen LogP contribution in [-0.4, -0.2) is 13.4 Å². The Balaban J connectivity index is 2.44. The number of aromatic nitrogens is 1. The maximum absolute atomic E-state index is 12.4. The van der Waals surface area contributed by atoms with Crippen molar-refractivity contribution in [3.05, 3.63) is 51.8 Å². The largest absolute Gasteiger partial charge is 0.279 e. The van der Waals surface area contributed by atoms with Gasteiger partial charge < -0.3 is 0 Å². The molecule has 0 unspecified atom stereocenters. The van der Waals surface area contributed by atoms with Crippen LogP contribution in [0.4, 0.5) is 5.69 Å². The minimum Gasteiger partial charge on any atom is -0.279 e. The first-order chi connectivity index (χ1) is 9.85. The zero-order chi connectivity index (χ0) is 15.6. The van der Waals surface area contributed by atoms with Crippen molar-refractivity contribution in [3.63, 3.8) is 0 Å². The van der Waals surface area contributed by atoms with E-state index in [-0.39, 0.29) is 15.1 Å². The molecule has 2 rings (SSSR count). The first-order valence-electron chi connectivity index (χ1n) is 6.27. The molecule has 4 nitrogen and oxygen atoms in total. The van der Waals surface area contributed by atoms with E-state index in [1.807, 2.05) is 32.0 Å². The third kappa shape index (κ3) is 3.48. The number of aryl methyl sites for hydroxylation is 2. The van der Waals surface area contributed by atoms with Gasteiger partial charge in [0.2, 0.25) is 0 Å². The fraction of sp³-hybridized carbons (Fsp3) is 0.214. The number of halogens is 2. The SMILES string of the molecule is CCc1cccc(C)c1NS(=O)(=O)c1cnc(Cl)c(Cl)c1. The van der Waals surface area contributed by atoms with Gasteiger partial charge in [-0.2, -0.15) is 0 Å². The number of para-hydroxylation sites is 1. The van der Waals surface area contributed by atoms with Crippen LogP contribution < -0.4 is 4.72 Å². The molecule has 0 saturated carbocycles. The zero-order valence-electron chi connectivity index (χ0n) is 11.5. The van der Waals surface area contributed by atoms with E-state index in [4.69, 9.17) is 23.2 Å². The van der Waals surface area contributed by atoms with Crippen LogP contribution in [0.25, 0.3) is 0 Å². The van der Waals surface area contributed by atoms with Gasteiger partial charge in [0.25, 0.3) is 10.0 Å². The molecule has 1 aromatic carbocycles. The molecular weight excluding hydrogens is 331 g/mol. The molecule has 0 amide bonds. The fourth-order valence-electron chi connectivity index (χ4n) is 1.91. The molecule has 112 valence electrons. The number of benzene rings is 1. The molecule has 1 aromatic heterocycles. The van der Waals surface area contributed by atoms with Crippen molar-refractivity contribution in [2.75, 3.05) is 4.72 Å². The summed E-state index contributed by atoms with van der Waals surface area (Å²) in [7, 11) is -3.76. The van der Waals surface area contributed by atoms with Crippen LogP contribution >= 0.6 is 23.2 Å². The molecule has 0 fully saturated rings. The molecule has 0 radical (unpaired) electrons. The lowest BCUT2D eigenvalue weighted by Gasteiger charge is -2.14. The summed E-state index contributed by atoms with van der Waals surface area (Å²) in [5.41, 5.74) is 2.36. The highest BCUT2D eigenvalue weighted by atomic mass is 35.5. The van der Waals surface area contributed by atoms with E-state index in [1.165, 1.54) is 12.3 Å². The highest BCUT2D eigenvalue weighted by Crippen LogP contribution is 2.27. The second-order valence-electron chi connectivity index (χ2n) is 4.51. The number of nitrogens with zero attached hydrogens (tertiary/aromatic N) is 1. The summed E-state index contributed by atoms with van der Waals surface area (Å²) in [5, 5.41) is 0.167. The molecule has 7 heteroatoms. The Morgan fingerprint density at radius 3 is 2.62 bits per heavy atom. The van der Waals surface area contributed by atoms with E-state index < -0.39 is 10.0 Å². The summed E-state index contributed by atoms with van der Waals surface area (Å²) in [4.78, 5) is 3.74. The summed E-state index contributed by atoms with van der Waals surface area (Å²) in [6.45, 7) is 3.82. The Labute approximate surface area is 134 Å². The van der Waals surface area contributed by atoms with Crippen LogP contribution in [0.2, 0.25) is 10.2 Å². The number of sulfonamides is 1. The number of anilines is 1. The Hall–Kier alpha value is -1.30. The van der Waals surface area contributed by atoms with Crippen molar-refractivity contribution in [3.8, 4) is 0 Å². The summed E-state index contributed by atoms with van der Waals surface area (Å²) in [6, 6.07) is 6.91. The quantitative estimate of drug-likeness (QED) is 0.850. The van der Waals surface area contributed by atoms with E-state index in [0.29, 0.717) is 5.69 Å². The van der Waals surface area contributed by atoms with Crippen molar-refractivity contribution in [1.29, 1.82) is 0 Å². The molecule has 21 heavy (non-hydrogen) atoms. The van der Waals surface area contributed by atoms with Crippen LogP contribution in [-0.2, 0) is 16.4 Å². The van der Waals surface area contributed by atoms with Crippen molar-refractivity contribution in [1.82, 2.24) is 4.98 Å². The van der Waals surface area contributed by atoms with Gasteiger partial charge in [0.1, 0.15) is 10.0 Å². The Kier molecular flexibility index (Phi) is 4.76. The standard InChI is InChI=1S/C14H14Cl2N2O2S/c1-3-10-6-4-5-9(2)13(10)18-21(19,20)11-7-12(15)14(16)17-8-11/h4-8,18H,3H2,1-2H3. The molecule has 0 bridgehead atoms. The second kappa shape index (κ2) is 6.22. The maximum Gasteiger partial charge on any atom is 0.263 e. The lowest BCUT2D eigenvalue weighted by Crippen LogP contribution is -2.15. The summed E-state index contributed by atoms with van der Waals surface area (Å²) in [5.74, 6) is 0. The Morgan fingerprint density at radius 2 is 2.00 bits per heavy atom. The van der Waals surface area contributed by atoms with E-state index >= 15 is 0 Å². The minimum absolute atomic E-state index is 0.0257. The van der Waals surface area contributed by atoms with Gasteiger partial charge in [0, 0.05) is 6.20 Å². The third-order valence-corrected chi connectivity index (χ3v) is 5.06. The number of nitrogens with one attached hydrogen (secondary N) is 1. The monoisotopic (exact) mass is 344 g/mol. The van der Waals surface area contributed by atoms with Gasteiger partial charge in [-0.15, -0.1) is 0 Å². The van der Waals surface area contributed by atoms with Gasteiger partial charge in [-0.25, -0.2) is 13.4 Å². The first-order valence-corrected chi connectivity index (χ1v) is 8.51. The van der Waals surface area contributed by atoms with E-state index in [1.54, 1.807) is 0 Å². The van der Waals surface area contributed by atoms with Gasteiger partial charge in [0.15, 0.2) is 0 Å². The predicted molar refractivity (Wildman–Crippen MR) is 85.6 cm³/mol. The maximum atomic E-state index is 12.4. The number of hydrogen-bond donors (Lipinski definition) is 1. The molecule has 0 atom stereocenters. The fourth-order valence-corrected chi connectivity index (χ4v) is 3.39. The van der Waals surface area contributed by atoms with Gasteiger partial charge in [-0.3, -0.25) is 4.72 Å². The van der Waals surface area contributed by atoms with E-state index in [2.05, 4.69) is 9.71 Å². The average molecular weight is 345 g/mol. The number of hydrogen-bond acceptors (Lipinski definition) is 3. The van der Waals surface area contributed by atoms with Crippen LogP contribution in [0.1, 0.15) is 18.1 Å². The first kappa shape index (κ1) is 16.1. The van der Waals surface area contributed by atoms with Gasteiger partial charge in [0.05, 0.1) is 10.7 Å². The molecule has 0 aliphatic heterocycles. The van der Waals surface area contributed by atoms with Crippen LogP contribution in [0, 0.1) is 6.92 Å². The van der Waals surface area contributed by atoms with Gasteiger partial charge in [-0.1, -0.05) is 48.3 Å². The normalized spacial score (nSPS) is 11.4. The Morgan fingerprint density at radius 1 is 1.29 bits per heavy atom. The molecule has 2 aromatic rings. The lowest BCUT2D eigenvalue weighted by molar-refractivity contribution is 0.600. The minimum atomic E-state index is -3.76. The Bertz CT molecular complexity index is 777. The molecule has 1 heterocycles. The molecule has 0 aliphatic rings.